The molecule has 0 radical (unpaired) electrons. The van der Waals surface area contributed by atoms with E-state index in [0.29, 0.717) is 0 Å². The van der Waals surface area contributed by atoms with Crippen LogP contribution in [0.4, 0.5) is 13.2 Å². The molecule has 2 N–H and O–H groups in total. The van der Waals surface area contributed by atoms with E-state index in [2.05, 4.69) is 4.74 Å². The number of rotatable bonds is 5. The standard InChI is InChI=1S/C10H9F3O7S/c11-5-1-6(20-10(16)4(2-14)3-15)7(12)8(13)9(5)21(17,18)19/h1,4,14-15H,2-3H2,(H,17,18,19)/p-1. The van der Waals surface area contributed by atoms with Gasteiger partial charge in [-0.05, 0) is 0 Å². The van der Waals surface area contributed by atoms with Crippen LogP contribution in [0, 0.1) is 23.4 Å². The second kappa shape index (κ2) is 6.39. The average Bonchev–Trinajstić information content (AvgIpc) is 2.35. The Balaban J connectivity index is 3.27. The molecule has 1 aromatic rings. The average molecular weight is 329 g/mol. The van der Waals surface area contributed by atoms with Crippen LogP contribution in [0.1, 0.15) is 0 Å². The van der Waals surface area contributed by atoms with Gasteiger partial charge in [0.2, 0.25) is 5.82 Å². The lowest BCUT2D eigenvalue weighted by Crippen LogP contribution is -2.27. The summed E-state index contributed by atoms with van der Waals surface area (Å²) in [5.74, 6) is -10.6. The van der Waals surface area contributed by atoms with Crippen molar-refractivity contribution in [3.63, 3.8) is 0 Å². The summed E-state index contributed by atoms with van der Waals surface area (Å²) in [6.45, 7) is -1.76. The summed E-state index contributed by atoms with van der Waals surface area (Å²) in [6.07, 6.45) is 0. The molecule has 0 fully saturated rings. The van der Waals surface area contributed by atoms with Crippen molar-refractivity contribution in [2.24, 2.45) is 5.92 Å². The first-order valence-corrected chi connectivity index (χ1v) is 6.61. The smallest absolute Gasteiger partial charge is 0.319 e. The highest BCUT2D eigenvalue weighted by atomic mass is 32.2. The van der Waals surface area contributed by atoms with Gasteiger partial charge in [-0.3, -0.25) is 4.79 Å². The third-order valence-electron chi connectivity index (χ3n) is 2.32. The van der Waals surface area contributed by atoms with Gasteiger partial charge >= 0.3 is 5.97 Å². The molecule has 0 aromatic heterocycles. The number of carbonyl (C=O) groups excluding carboxylic acids is 1. The second-order valence-corrected chi connectivity index (χ2v) is 5.07. The number of carbonyl (C=O) groups is 1. The molecule has 7 nitrogen and oxygen atoms in total. The van der Waals surface area contributed by atoms with Crippen molar-refractivity contribution in [2.45, 2.75) is 4.90 Å². The molecule has 0 heterocycles. The van der Waals surface area contributed by atoms with Crippen LogP contribution < -0.4 is 4.74 Å². The van der Waals surface area contributed by atoms with Crippen molar-refractivity contribution in [3.05, 3.63) is 23.5 Å². The van der Waals surface area contributed by atoms with E-state index in [1.54, 1.807) is 0 Å². The first-order chi connectivity index (χ1) is 9.63. The normalized spacial score (nSPS) is 11.8. The molecule has 0 atom stereocenters. The Labute approximate surface area is 116 Å². The van der Waals surface area contributed by atoms with Crippen molar-refractivity contribution < 1.29 is 45.9 Å². The predicted octanol–water partition coefficient (Wildman–Crippen LogP) is -0.486. The van der Waals surface area contributed by atoms with Gasteiger partial charge in [-0.25, -0.2) is 17.2 Å². The molecule has 1 rings (SSSR count). The molecular formula is C10H8F3O7S-. The highest BCUT2D eigenvalue weighted by Gasteiger charge is 2.27. The summed E-state index contributed by atoms with van der Waals surface area (Å²) in [4.78, 5) is 9.26. The van der Waals surface area contributed by atoms with Crippen LogP contribution >= 0.6 is 0 Å². The lowest BCUT2D eigenvalue weighted by molar-refractivity contribution is -0.141. The van der Waals surface area contributed by atoms with E-state index in [0.717, 1.165) is 0 Å². The van der Waals surface area contributed by atoms with Gasteiger partial charge in [0, 0.05) is 6.07 Å². The maximum absolute atomic E-state index is 13.5. The van der Waals surface area contributed by atoms with Gasteiger partial charge in [-0.2, -0.15) is 4.39 Å². The molecule has 0 saturated heterocycles. The Hall–Kier alpha value is -1.69. The summed E-state index contributed by atoms with van der Waals surface area (Å²) in [5, 5.41) is 17.4. The zero-order valence-electron chi connectivity index (χ0n) is 10.0. The number of aliphatic hydroxyl groups is 2. The summed E-state index contributed by atoms with van der Waals surface area (Å²) >= 11 is 0. The van der Waals surface area contributed by atoms with E-state index in [-0.39, 0.29) is 6.07 Å². The van der Waals surface area contributed by atoms with Crippen LogP contribution in [0.25, 0.3) is 0 Å². The van der Waals surface area contributed by atoms with Crippen LogP contribution in [0.15, 0.2) is 11.0 Å². The lowest BCUT2D eigenvalue weighted by atomic mass is 10.2. The van der Waals surface area contributed by atoms with E-state index < -0.39 is 63.3 Å². The lowest BCUT2D eigenvalue weighted by Gasteiger charge is -2.14. The van der Waals surface area contributed by atoms with Crippen molar-refractivity contribution >= 4 is 16.1 Å². The Morgan fingerprint density at radius 2 is 1.76 bits per heavy atom. The first kappa shape index (κ1) is 17.4. The fourth-order valence-corrected chi connectivity index (χ4v) is 1.87. The zero-order valence-corrected chi connectivity index (χ0v) is 10.9. The van der Waals surface area contributed by atoms with Crippen LogP contribution in [-0.2, 0) is 14.9 Å². The molecule has 0 saturated carbocycles. The molecule has 0 aliphatic rings. The molecular weight excluding hydrogens is 321 g/mol. The zero-order chi connectivity index (χ0) is 16.4. The van der Waals surface area contributed by atoms with Crippen molar-refractivity contribution in [1.29, 1.82) is 0 Å². The fourth-order valence-electron chi connectivity index (χ4n) is 1.26. The van der Waals surface area contributed by atoms with Crippen LogP contribution in [0.2, 0.25) is 0 Å². The minimum Gasteiger partial charge on any atom is -0.744 e. The summed E-state index contributed by atoms with van der Waals surface area (Å²) in [6, 6.07) is -0.00704. The number of hydrogen-bond acceptors (Lipinski definition) is 7. The van der Waals surface area contributed by atoms with Gasteiger partial charge in [0.25, 0.3) is 0 Å². The SMILES string of the molecule is O=C(Oc1cc(F)c(S(=O)(=O)[O-])c(F)c1F)C(CO)CO. The maximum Gasteiger partial charge on any atom is 0.319 e. The fraction of sp³-hybridized carbons (Fsp3) is 0.300. The van der Waals surface area contributed by atoms with E-state index in [1.807, 2.05) is 0 Å². The van der Waals surface area contributed by atoms with Gasteiger partial charge in [-0.1, -0.05) is 0 Å². The number of esters is 1. The minimum atomic E-state index is -5.62. The van der Waals surface area contributed by atoms with Crippen LogP contribution in [0.5, 0.6) is 5.75 Å². The van der Waals surface area contributed by atoms with Crippen molar-refractivity contribution in [3.8, 4) is 5.75 Å². The largest absolute Gasteiger partial charge is 0.744 e. The molecule has 0 bridgehead atoms. The van der Waals surface area contributed by atoms with E-state index in [1.165, 1.54) is 0 Å². The molecule has 21 heavy (non-hydrogen) atoms. The van der Waals surface area contributed by atoms with Gasteiger partial charge in [0.15, 0.2) is 11.6 Å². The van der Waals surface area contributed by atoms with Crippen molar-refractivity contribution in [1.82, 2.24) is 0 Å². The minimum absolute atomic E-state index is 0.00704. The summed E-state index contributed by atoms with van der Waals surface area (Å²) < 4.78 is 76.1. The van der Waals surface area contributed by atoms with E-state index in [4.69, 9.17) is 10.2 Å². The number of benzene rings is 1. The van der Waals surface area contributed by atoms with E-state index >= 15 is 0 Å². The van der Waals surface area contributed by atoms with Crippen LogP contribution in [-0.4, -0.2) is 42.4 Å². The molecule has 0 aliphatic heterocycles. The first-order valence-electron chi connectivity index (χ1n) is 5.20. The number of ether oxygens (including phenoxy) is 1. The third-order valence-corrected chi connectivity index (χ3v) is 3.19. The summed E-state index contributed by atoms with van der Waals surface area (Å²) in [5.41, 5.74) is 0. The topological polar surface area (TPSA) is 124 Å². The molecule has 0 aliphatic carbocycles. The molecule has 0 unspecified atom stereocenters. The Morgan fingerprint density at radius 3 is 2.19 bits per heavy atom. The van der Waals surface area contributed by atoms with Gasteiger partial charge in [-0.15, -0.1) is 0 Å². The van der Waals surface area contributed by atoms with Crippen molar-refractivity contribution in [2.75, 3.05) is 13.2 Å². The quantitative estimate of drug-likeness (QED) is 0.323. The van der Waals surface area contributed by atoms with Gasteiger partial charge in [0.05, 0.1) is 13.2 Å². The van der Waals surface area contributed by atoms with Gasteiger partial charge < -0.3 is 19.5 Å². The molecule has 0 spiro atoms. The van der Waals surface area contributed by atoms with Crippen LogP contribution in [0.3, 0.4) is 0 Å². The maximum atomic E-state index is 13.5. The number of halogens is 3. The number of hydrogen-bond donors (Lipinski definition) is 2. The molecule has 0 amide bonds. The monoisotopic (exact) mass is 329 g/mol. The highest BCUT2D eigenvalue weighted by Crippen LogP contribution is 2.29. The Morgan fingerprint density at radius 1 is 1.24 bits per heavy atom. The Kier molecular flexibility index (Phi) is 5.28. The van der Waals surface area contributed by atoms with E-state index in [9.17, 15) is 30.9 Å². The highest BCUT2D eigenvalue weighted by molar-refractivity contribution is 7.85. The summed E-state index contributed by atoms with van der Waals surface area (Å²) in [7, 11) is -5.62. The number of aliphatic hydroxyl groups excluding tert-OH is 2. The second-order valence-electron chi connectivity index (χ2n) is 3.75. The predicted molar refractivity (Wildman–Crippen MR) is 57.6 cm³/mol. The molecule has 1 aromatic carbocycles. The third kappa shape index (κ3) is 3.69. The molecule has 11 heteroatoms. The molecule has 118 valence electrons. The van der Waals surface area contributed by atoms with Gasteiger partial charge in [0.1, 0.15) is 26.7 Å². The Bertz CT molecular complexity index is 655.